The Morgan fingerprint density at radius 3 is 2.43 bits per heavy atom. The molecule has 0 aliphatic carbocycles. The zero-order valence-corrected chi connectivity index (χ0v) is 27.9. The Morgan fingerprint density at radius 2 is 1.67 bits per heavy atom. The summed E-state index contributed by atoms with van der Waals surface area (Å²) in [6.45, 7) is 5.14. The molecule has 256 valence electrons. The number of methoxy groups -OCH3 is 2. The average Bonchev–Trinajstić information content (AvgIpc) is 3.72. The van der Waals surface area contributed by atoms with Crippen LogP contribution in [0, 0.1) is 0 Å². The lowest BCUT2D eigenvalue weighted by Gasteiger charge is -2.36. The molecule has 1 saturated heterocycles. The van der Waals surface area contributed by atoms with Gasteiger partial charge in [0.15, 0.2) is 17.3 Å². The van der Waals surface area contributed by atoms with Crippen LogP contribution in [-0.2, 0) is 26.0 Å². The maximum atomic E-state index is 12.6. The predicted octanol–water partition coefficient (Wildman–Crippen LogP) is 5.90. The van der Waals surface area contributed by atoms with Gasteiger partial charge in [-0.15, -0.1) is 0 Å². The molecule has 0 atom stereocenters. The van der Waals surface area contributed by atoms with Gasteiger partial charge in [-0.2, -0.15) is 0 Å². The second kappa shape index (κ2) is 16.1. The molecule has 0 amide bonds. The molecule has 1 N–H and O–H groups in total. The van der Waals surface area contributed by atoms with E-state index >= 15 is 0 Å². The number of benzene rings is 3. The van der Waals surface area contributed by atoms with Crippen LogP contribution in [0.5, 0.6) is 23.1 Å². The molecule has 49 heavy (non-hydrogen) atoms. The van der Waals surface area contributed by atoms with E-state index in [1.54, 1.807) is 20.5 Å². The van der Waals surface area contributed by atoms with Crippen LogP contribution in [0.4, 0.5) is 5.69 Å². The van der Waals surface area contributed by atoms with Crippen LogP contribution in [0.1, 0.15) is 34.9 Å². The van der Waals surface area contributed by atoms with Crippen molar-refractivity contribution in [2.75, 3.05) is 51.8 Å². The van der Waals surface area contributed by atoms with Crippen molar-refractivity contribution in [2.45, 2.75) is 32.4 Å². The van der Waals surface area contributed by atoms with Gasteiger partial charge in [0.05, 0.1) is 14.2 Å². The quantitative estimate of drug-likeness (QED) is 0.145. The fourth-order valence-corrected chi connectivity index (χ4v) is 5.87. The maximum absolute atomic E-state index is 12.6. The molecular weight excluding hydrogens is 624 g/mol. The van der Waals surface area contributed by atoms with Gasteiger partial charge in [-0.05, 0) is 73.0 Å². The van der Waals surface area contributed by atoms with Crippen molar-refractivity contribution < 1.29 is 28.2 Å². The minimum Gasteiger partial charge on any atom is -0.497 e. The summed E-state index contributed by atoms with van der Waals surface area (Å²) in [5.41, 5.74) is 3.82. The summed E-state index contributed by atoms with van der Waals surface area (Å²) in [5, 5.41) is 10.8. The van der Waals surface area contributed by atoms with Crippen LogP contribution in [-0.4, -0.2) is 66.5 Å². The topological polar surface area (TPSA) is 116 Å². The number of oxazole rings is 2. The minimum atomic E-state index is -0.541. The molecule has 11 nitrogen and oxygen atoms in total. The standard InChI is InChI=1S/C38H42N4O7/c1-45-32-14-12-31(13-15-32)41-23-21-40(22-24-41)19-6-20-42-37(43)34(49-38(42)44)17-10-29-9-16-33(46-2)35(25-29)47-26-30-27-48-36(39-30)18-11-28-7-4-3-5-8-28/h3-5,7-9,11-16,18,25,27,43H,6,10,17,19-24,26H2,1-2H3. The molecule has 0 radical (unpaired) electrons. The third-order valence-corrected chi connectivity index (χ3v) is 8.63. The molecule has 5 aromatic rings. The lowest BCUT2D eigenvalue weighted by molar-refractivity contribution is 0.247. The first-order chi connectivity index (χ1) is 24.0. The highest BCUT2D eigenvalue weighted by atomic mass is 16.5. The van der Waals surface area contributed by atoms with E-state index in [1.807, 2.05) is 72.8 Å². The summed E-state index contributed by atoms with van der Waals surface area (Å²) in [6.07, 6.45) is 6.93. The van der Waals surface area contributed by atoms with E-state index in [1.165, 1.54) is 10.3 Å². The number of hydrogen-bond acceptors (Lipinski definition) is 10. The molecule has 11 heteroatoms. The Morgan fingerprint density at radius 1 is 0.878 bits per heavy atom. The molecule has 1 aliphatic rings. The van der Waals surface area contributed by atoms with Crippen LogP contribution >= 0.6 is 0 Å². The van der Waals surface area contributed by atoms with Crippen molar-refractivity contribution in [3.05, 3.63) is 118 Å². The van der Waals surface area contributed by atoms with Crippen molar-refractivity contribution in [3.8, 4) is 23.1 Å². The lowest BCUT2D eigenvalue weighted by Crippen LogP contribution is -2.46. The maximum Gasteiger partial charge on any atom is 0.422 e. The van der Waals surface area contributed by atoms with Crippen molar-refractivity contribution in [3.63, 3.8) is 0 Å². The molecule has 1 aliphatic heterocycles. The monoisotopic (exact) mass is 666 g/mol. The number of piperazine rings is 1. The number of aromatic nitrogens is 2. The van der Waals surface area contributed by atoms with Crippen molar-refractivity contribution in [1.29, 1.82) is 0 Å². The predicted molar refractivity (Wildman–Crippen MR) is 188 cm³/mol. The van der Waals surface area contributed by atoms with Crippen LogP contribution in [0.2, 0.25) is 0 Å². The van der Waals surface area contributed by atoms with Gasteiger partial charge in [0.2, 0.25) is 11.8 Å². The van der Waals surface area contributed by atoms with E-state index < -0.39 is 5.76 Å². The molecule has 0 saturated carbocycles. The zero-order valence-electron chi connectivity index (χ0n) is 27.9. The van der Waals surface area contributed by atoms with E-state index in [9.17, 15) is 9.90 Å². The molecule has 1 fully saturated rings. The third kappa shape index (κ3) is 8.74. The van der Waals surface area contributed by atoms with Crippen LogP contribution < -0.4 is 24.9 Å². The summed E-state index contributed by atoms with van der Waals surface area (Å²) >= 11 is 0. The van der Waals surface area contributed by atoms with Gasteiger partial charge in [-0.3, -0.25) is 4.90 Å². The molecule has 2 aromatic heterocycles. The van der Waals surface area contributed by atoms with Crippen LogP contribution in [0.15, 0.2) is 92.7 Å². The van der Waals surface area contributed by atoms with Gasteiger partial charge in [-0.1, -0.05) is 36.4 Å². The Balaban J connectivity index is 0.978. The lowest BCUT2D eigenvalue weighted by atomic mass is 10.1. The largest absolute Gasteiger partial charge is 0.497 e. The molecule has 0 unspecified atom stereocenters. The second-order valence-corrected chi connectivity index (χ2v) is 11.8. The van der Waals surface area contributed by atoms with E-state index in [0.717, 1.165) is 56.0 Å². The number of hydrogen-bond donors (Lipinski definition) is 1. The first kappa shape index (κ1) is 33.5. The highest BCUT2D eigenvalue weighted by molar-refractivity contribution is 5.65. The van der Waals surface area contributed by atoms with Gasteiger partial charge in [-0.25, -0.2) is 14.3 Å². The van der Waals surface area contributed by atoms with E-state index in [2.05, 4.69) is 26.9 Å². The third-order valence-electron chi connectivity index (χ3n) is 8.63. The van der Waals surface area contributed by atoms with Crippen molar-refractivity contribution in [2.24, 2.45) is 0 Å². The fourth-order valence-electron chi connectivity index (χ4n) is 5.87. The first-order valence-electron chi connectivity index (χ1n) is 16.5. The summed E-state index contributed by atoms with van der Waals surface area (Å²) < 4.78 is 29.2. The van der Waals surface area contributed by atoms with Gasteiger partial charge >= 0.3 is 5.76 Å². The average molecular weight is 667 g/mol. The number of ether oxygens (including phenoxy) is 3. The van der Waals surface area contributed by atoms with E-state index in [4.69, 9.17) is 23.0 Å². The molecule has 0 bridgehead atoms. The summed E-state index contributed by atoms with van der Waals surface area (Å²) in [5.74, 6) is 2.10. The SMILES string of the molecule is COc1ccc(N2CCN(CCCn3c(O)c(CCc4ccc(OC)c(OCc5coc(C=Cc6ccccc6)n5)c4)oc3=O)CC2)cc1. The van der Waals surface area contributed by atoms with Gasteiger partial charge < -0.3 is 33.1 Å². The highest BCUT2D eigenvalue weighted by Crippen LogP contribution is 2.30. The van der Waals surface area contributed by atoms with E-state index in [-0.39, 0.29) is 18.2 Å². The van der Waals surface area contributed by atoms with Gasteiger partial charge in [0.1, 0.15) is 24.3 Å². The first-order valence-corrected chi connectivity index (χ1v) is 16.5. The zero-order chi connectivity index (χ0) is 34.0. The number of aromatic hydroxyl groups is 1. The number of aryl methyl sites for hydroxylation is 2. The number of anilines is 1. The van der Waals surface area contributed by atoms with Gasteiger partial charge in [0, 0.05) is 50.9 Å². The second-order valence-electron chi connectivity index (χ2n) is 11.8. The van der Waals surface area contributed by atoms with Crippen molar-refractivity contribution >= 4 is 17.8 Å². The minimum absolute atomic E-state index is 0.109. The Bertz CT molecular complexity index is 1870. The molecule has 3 aromatic carbocycles. The molecule has 6 rings (SSSR count). The number of rotatable bonds is 15. The van der Waals surface area contributed by atoms with Gasteiger partial charge in [0.25, 0.3) is 0 Å². The number of nitrogens with zero attached hydrogens (tertiary/aromatic N) is 4. The summed E-state index contributed by atoms with van der Waals surface area (Å²) in [7, 11) is 3.26. The smallest absolute Gasteiger partial charge is 0.422 e. The Hall–Kier alpha value is -5.42. The fraction of sp³-hybridized carbons (Fsp3) is 0.316. The Kier molecular flexibility index (Phi) is 11.0. The normalized spacial score (nSPS) is 13.6. The molecule has 0 spiro atoms. The molecule has 3 heterocycles. The highest BCUT2D eigenvalue weighted by Gasteiger charge is 2.19. The summed E-state index contributed by atoms with van der Waals surface area (Å²) in [6, 6.07) is 23.7. The molecular formula is C38H42N4O7. The van der Waals surface area contributed by atoms with Crippen molar-refractivity contribution in [1.82, 2.24) is 14.5 Å². The van der Waals surface area contributed by atoms with E-state index in [0.29, 0.717) is 42.5 Å². The Labute approximate surface area is 285 Å². The van der Waals surface area contributed by atoms with Crippen LogP contribution in [0.3, 0.4) is 0 Å². The van der Waals surface area contributed by atoms with Crippen LogP contribution in [0.25, 0.3) is 12.2 Å². The summed E-state index contributed by atoms with van der Waals surface area (Å²) in [4.78, 5) is 21.9.